The normalized spacial score (nSPS) is 17.6. The average molecular weight is 434 g/mol. The van der Waals surface area contributed by atoms with E-state index in [2.05, 4.69) is 15.1 Å². The number of fused-ring (bicyclic) bond motifs is 3. The number of hydrogen-bond donors (Lipinski definition) is 0. The minimum atomic E-state index is -0.338. The topological polar surface area (TPSA) is 69.1 Å². The number of aromatic nitrogens is 4. The van der Waals surface area contributed by atoms with Crippen molar-refractivity contribution in [3.05, 3.63) is 82.3 Å². The molecule has 2 aromatic heterocycles. The Morgan fingerprint density at radius 1 is 1.13 bits per heavy atom. The summed E-state index contributed by atoms with van der Waals surface area (Å²) in [5.41, 5.74) is 3.91. The summed E-state index contributed by atoms with van der Waals surface area (Å²) in [6, 6.07) is 11.8. The first kappa shape index (κ1) is 18.4. The van der Waals surface area contributed by atoms with Gasteiger partial charge in [-0.1, -0.05) is 28.9 Å². The number of halogens is 2. The van der Waals surface area contributed by atoms with Crippen LogP contribution in [0.4, 0.5) is 4.39 Å². The maximum Gasteiger partial charge on any atom is 0.278 e. The third-order valence-corrected chi connectivity index (χ3v) is 5.95. The van der Waals surface area contributed by atoms with Crippen LogP contribution in [0.1, 0.15) is 54.4 Å². The maximum absolute atomic E-state index is 14.7. The molecule has 6 rings (SSSR count). The molecule has 1 aliphatic carbocycles. The molecule has 1 saturated carbocycles. The summed E-state index contributed by atoms with van der Waals surface area (Å²) in [5, 5.41) is 4.67. The molecule has 4 aromatic rings. The zero-order valence-electron chi connectivity index (χ0n) is 16.6. The SMILES string of the molecule is C[C@H]1N=C(c2ccccc2F)c2cc(Cl)ccc2-n2cnc(-c3nc(C4CC4)no3)c21. The van der Waals surface area contributed by atoms with Crippen molar-refractivity contribution in [2.75, 3.05) is 0 Å². The highest BCUT2D eigenvalue weighted by atomic mass is 35.5. The van der Waals surface area contributed by atoms with Gasteiger partial charge in [-0.3, -0.25) is 9.56 Å². The van der Waals surface area contributed by atoms with E-state index < -0.39 is 0 Å². The molecule has 0 amide bonds. The van der Waals surface area contributed by atoms with Gasteiger partial charge in [0, 0.05) is 22.1 Å². The van der Waals surface area contributed by atoms with Crippen LogP contribution in [-0.2, 0) is 0 Å². The molecule has 8 heteroatoms. The number of nitrogens with zero attached hydrogens (tertiary/aromatic N) is 5. The van der Waals surface area contributed by atoms with Crippen molar-refractivity contribution >= 4 is 17.3 Å². The number of hydrogen-bond acceptors (Lipinski definition) is 5. The van der Waals surface area contributed by atoms with Crippen LogP contribution in [0.3, 0.4) is 0 Å². The average Bonchev–Trinajstić information content (AvgIpc) is 3.36. The maximum atomic E-state index is 14.7. The number of benzene rings is 2. The Balaban J connectivity index is 1.57. The Hall–Kier alpha value is -3.32. The summed E-state index contributed by atoms with van der Waals surface area (Å²) >= 11 is 6.32. The second kappa shape index (κ2) is 6.85. The van der Waals surface area contributed by atoms with E-state index in [9.17, 15) is 4.39 Å². The highest BCUT2D eigenvalue weighted by Crippen LogP contribution is 2.40. The number of rotatable bonds is 3. The minimum absolute atomic E-state index is 0.338. The Morgan fingerprint density at radius 3 is 2.77 bits per heavy atom. The van der Waals surface area contributed by atoms with Crippen molar-refractivity contribution in [1.82, 2.24) is 19.7 Å². The molecule has 0 bridgehead atoms. The second-order valence-corrected chi connectivity index (χ2v) is 8.31. The first-order valence-corrected chi connectivity index (χ1v) is 10.5. The molecule has 0 spiro atoms. The standard InChI is InChI=1S/C23H17ClFN5O/c1-12-21-20(23-28-22(29-31-23)13-6-7-13)26-11-30(21)18-9-8-14(24)10-16(18)19(27-12)15-4-2-3-5-17(15)25/h2-5,8-13H,6-7H2,1H3/t12-/m1/s1. The Kier molecular flexibility index (Phi) is 4.08. The molecule has 0 radical (unpaired) electrons. The highest BCUT2D eigenvalue weighted by molar-refractivity contribution is 6.31. The minimum Gasteiger partial charge on any atom is -0.332 e. The van der Waals surface area contributed by atoms with E-state index in [1.807, 2.05) is 23.6 Å². The fourth-order valence-corrected chi connectivity index (χ4v) is 4.22. The lowest BCUT2D eigenvalue weighted by atomic mass is 10.00. The molecule has 2 aliphatic rings. The van der Waals surface area contributed by atoms with Crippen molar-refractivity contribution in [1.29, 1.82) is 0 Å². The van der Waals surface area contributed by atoms with Gasteiger partial charge in [0.1, 0.15) is 12.1 Å². The Morgan fingerprint density at radius 2 is 1.97 bits per heavy atom. The number of aliphatic imine (C=N–C) groups is 1. The molecular weight excluding hydrogens is 417 g/mol. The van der Waals surface area contributed by atoms with Gasteiger partial charge in [0.2, 0.25) is 0 Å². The van der Waals surface area contributed by atoms with Gasteiger partial charge in [0.25, 0.3) is 5.89 Å². The fourth-order valence-electron chi connectivity index (χ4n) is 4.05. The van der Waals surface area contributed by atoms with E-state index in [0.717, 1.165) is 35.6 Å². The van der Waals surface area contributed by atoms with Crippen molar-refractivity contribution in [3.63, 3.8) is 0 Å². The van der Waals surface area contributed by atoms with Crippen LogP contribution in [0.5, 0.6) is 0 Å². The highest BCUT2D eigenvalue weighted by Gasteiger charge is 2.32. The summed E-state index contributed by atoms with van der Waals surface area (Å²) in [6.45, 7) is 1.95. The van der Waals surface area contributed by atoms with Gasteiger partial charge < -0.3 is 4.52 Å². The molecule has 0 N–H and O–H groups in total. The van der Waals surface area contributed by atoms with Crippen LogP contribution in [0.15, 0.2) is 58.3 Å². The van der Waals surface area contributed by atoms with Crippen LogP contribution in [0.25, 0.3) is 17.3 Å². The van der Waals surface area contributed by atoms with Gasteiger partial charge in [-0.05, 0) is 50.1 Å². The lowest BCUT2D eigenvalue weighted by molar-refractivity contribution is 0.421. The second-order valence-electron chi connectivity index (χ2n) is 7.88. The van der Waals surface area contributed by atoms with Crippen LogP contribution < -0.4 is 0 Å². The largest absolute Gasteiger partial charge is 0.332 e. The molecule has 1 aliphatic heterocycles. The Bertz CT molecular complexity index is 1350. The van der Waals surface area contributed by atoms with Crippen molar-refractivity contribution in [2.24, 2.45) is 4.99 Å². The van der Waals surface area contributed by atoms with E-state index in [0.29, 0.717) is 33.8 Å². The molecule has 1 atom stereocenters. The smallest absolute Gasteiger partial charge is 0.278 e. The summed E-state index contributed by atoms with van der Waals surface area (Å²) in [4.78, 5) is 14.1. The predicted molar refractivity (Wildman–Crippen MR) is 114 cm³/mol. The first-order valence-electron chi connectivity index (χ1n) is 10.1. The van der Waals surface area contributed by atoms with Crippen LogP contribution in [0, 0.1) is 5.82 Å². The van der Waals surface area contributed by atoms with Gasteiger partial charge >= 0.3 is 0 Å². The van der Waals surface area contributed by atoms with Gasteiger partial charge in [-0.25, -0.2) is 9.37 Å². The fraction of sp³-hybridized carbons (Fsp3) is 0.217. The third kappa shape index (κ3) is 2.99. The van der Waals surface area contributed by atoms with E-state index in [1.54, 1.807) is 30.6 Å². The predicted octanol–water partition coefficient (Wildman–Crippen LogP) is 5.50. The monoisotopic (exact) mass is 433 g/mol. The third-order valence-electron chi connectivity index (χ3n) is 5.71. The molecule has 31 heavy (non-hydrogen) atoms. The molecule has 0 saturated heterocycles. The summed E-state index contributed by atoms with van der Waals surface area (Å²) in [5.74, 6) is 1.14. The zero-order chi connectivity index (χ0) is 21.1. The lowest BCUT2D eigenvalue weighted by Crippen LogP contribution is -2.09. The van der Waals surface area contributed by atoms with Crippen molar-refractivity contribution in [3.8, 4) is 17.3 Å². The zero-order valence-corrected chi connectivity index (χ0v) is 17.3. The molecular formula is C23H17ClFN5O. The molecule has 6 nitrogen and oxygen atoms in total. The van der Waals surface area contributed by atoms with E-state index >= 15 is 0 Å². The first-order chi connectivity index (χ1) is 15.1. The van der Waals surface area contributed by atoms with Gasteiger partial charge in [0.05, 0.1) is 23.1 Å². The van der Waals surface area contributed by atoms with Crippen molar-refractivity contribution < 1.29 is 8.91 Å². The van der Waals surface area contributed by atoms with Gasteiger partial charge in [0.15, 0.2) is 11.5 Å². The summed E-state index contributed by atoms with van der Waals surface area (Å²) in [7, 11) is 0. The molecule has 154 valence electrons. The molecule has 0 unspecified atom stereocenters. The number of imidazole rings is 1. The van der Waals surface area contributed by atoms with Gasteiger partial charge in [-0.15, -0.1) is 0 Å². The van der Waals surface area contributed by atoms with E-state index in [4.69, 9.17) is 21.1 Å². The van der Waals surface area contributed by atoms with E-state index in [-0.39, 0.29) is 11.9 Å². The van der Waals surface area contributed by atoms with E-state index in [1.165, 1.54) is 6.07 Å². The Labute approximate surface area is 182 Å². The lowest BCUT2D eigenvalue weighted by Gasteiger charge is -2.12. The molecule has 2 aromatic carbocycles. The van der Waals surface area contributed by atoms with Crippen molar-refractivity contribution in [2.45, 2.75) is 31.7 Å². The molecule has 3 heterocycles. The molecule has 1 fully saturated rings. The van der Waals surface area contributed by atoms with Crippen LogP contribution in [0.2, 0.25) is 5.02 Å². The quantitative estimate of drug-likeness (QED) is 0.427. The van der Waals surface area contributed by atoms with Crippen LogP contribution >= 0.6 is 11.6 Å². The summed E-state index contributed by atoms with van der Waals surface area (Å²) < 4.78 is 22.2. The summed E-state index contributed by atoms with van der Waals surface area (Å²) in [6.07, 6.45) is 3.89. The van der Waals surface area contributed by atoms with Crippen LogP contribution in [-0.4, -0.2) is 25.4 Å². The van der Waals surface area contributed by atoms with Gasteiger partial charge in [-0.2, -0.15) is 4.98 Å².